The Kier molecular flexibility index (Phi) is 5.53. The lowest BCUT2D eigenvalue weighted by Crippen LogP contribution is -2.41. The Labute approximate surface area is 160 Å². The van der Waals surface area contributed by atoms with Crippen LogP contribution in [-0.2, 0) is 0 Å². The summed E-state index contributed by atoms with van der Waals surface area (Å²) in [6.45, 7) is 3.96. The van der Waals surface area contributed by atoms with Gasteiger partial charge in [-0.05, 0) is 38.8 Å². The van der Waals surface area contributed by atoms with Crippen molar-refractivity contribution in [2.45, 2.75) is 32.6 Å². The molecule has 0 atom stereocenters. The number of halogens is 2. The van der Waals surface area contributed by atoms with Gasteiger partial charge in [-0.25, -0.2) is 28.3 Å². The molecule has 2 amide bonds. The van der Waals surface area contributed by atoms with Crippen LogP contribution in [0.4, 0.5) is 19.3 Å². The number of rotatable bonds is 3. The normalized spacial score (nSPS) is 14.8. The summed E-state index contributed by atoms with van der Waals surface area (Å²) in [6, 6.07) is 2.75. The van der Waals surface area contributed by atoms with Crippen molar-refractivity contribution in [2.24, 2.45) is 0 Å². The molecule has 2 N–H and O–H groups in total. The summed E-state index contributed by atoms with van der Waals surface area (Å²) >= 11 is 0. The van der Waals surface area contributed by atoms with Crippen LogP contribution in [0.1, 0.15) is 46.3 Å². The van der Waals surface area contributed by atoms with Crippen LogP contribution in [0.5, 0.6) is 0 Å². The third kappa shape index (κ3) is 3.92. The fourth-order valence-corrected chi connectivity index (χ4v) is 3.46. The molecule has 1 aliphatic heterocycles. The molecular weight excluding hydrogens is 370 g/mol. The highest BCUT2D eigenvalue weighted by Gasteiger charge is 2.29. The molecule has 1 saturated heterocycles. The Morgan fingerprint density at radius 3 is 2.32 bits per heavy atom. The smallest absolute Gasteiger partial charge is 0.339 e. The minimum absolute atomic E-state index is 0.0990. The number of nitrogens with zero attached hydrogens (tertiary/aromatic N) is 3. The number of para-hydroxylation sites is 1. The molecular formula is C19H20F2N4O3. The number of carbonyl (C=O) groups is 2. The van der Waals surface area contributed by atoms with Gasteiger partial charge >= 0.3 is 12.0 Å². The summed E-state index contributed by atoms with van der Waals surface area (Å²) in [4.78, 5) is 33.9. The minimum Gasteiger partial charge on any atom is -0.478 e. The van der Waals surface area contributed by atoms with E-state index in [1.807, 2.05) is 0 Å². The van der Waals surface area contributed by atoms with Crippen molar-refractivity contribution < 1.29 is 23.5 Å². The number of amides is 2. The molecule has 7 nitrogen and oxygen atoms in total. The maximum Gasteiger partial charge on any atom is 0.339 e. The maximum absolute atomic E-state index is 13.7. The van der Waals surface area contributed by atoms with Crippen LogP contribution >= 0.6 is 0 Å². The highest BCUT2D eigenvalue weighted by atomic mass is 19.1. The number of nitrogens with one attached hydrogen (secondary N) is 1. The molecule has 0 spiro atoms. The third-order valence-corrected chi connectivity index (χ3v) is 4.81. The van der Waals surface area contributed by atoms with Crippen LogP contribution in [0, 0.1) is 25.5 Å². The quantitative estimate of drug-likeness (QED) is 0.837. The standard InChI is InChI=1S/C19H20F2N4O3/c1-10-15(18(26)27)16(23-11(2)22-10)12-6-8-25(9-7-12)19(28)24-17-13(20)4-3-5-14(17)21/h3-5,12H,6-9H2,1-2H3,(H,24,28)(H,26,27). The van der Waals surface area contributed by atoms with Crippen molar-refractivity contribution in [1.82, 2.24) is 14.9 Å². The molecule has 2 heterocycles. The number of anilines is 1. The lowest BCUT2D eigenvalue weighted by Gasteiger charge is -2.32. The molecule has 2 aromatic rings. The number of benzene rings is 1. The number of hydrogen-bond acceptors (Lipinski definition) is 4. The number of aryl methyl sites for hydroxylation is 2. The van der Waals surface area contributed by atoms with Gasteiger partial charge in [0.2, 0.25) is 0 Å². The van der Waals surface area contributed by atoms with E-state index in [2.05, 4.69) is 15.3 Å². The van der Waals surface area contributed by atoms with Crippen molar-refractivity contribution in [3.05, 3.63) is 52.6 Å². The first kappa shape index (κ1) is 19.7. The molecule has 1 aromatic heterocycles. The van der Waals surface area contributed by atoms with Gasteiger partial charge in [-0.2, -0.15) is 0 Å². The van der Waals surface area contributed by atoms with Crippen LogP contribution in [0.2, 0.25) is 0 Å². The van der Waals surface area contributed by atoms with Gasteiger partial charge in [0.15, 0.2) is 0 Å². The Balaban J connectivity index is 1.71. The first-order chi connectivity index (χ1) is 13.3. The molecule has 0 aliphatic carbocycles. The molecule has 28 heavy (non-hydrogen) atoms. The van der Waals surface area contributed by atoms with Crippen LogP contribution in [0.15, 0.2) is 18.2 Å². The number of carboxylic acid groups (broad SMARTS) is 1. The van der Waals surface area contributed by atoms with Crippen molar-refractivity contribution >= 4 is 17.7 Å². The van der Waals surface area contributed by atoms with E-state index < -0.39 is 29.3 Å². The minimum atomic E-state index is -1.08. The second kappa shape index (κ2) is 7.87. The number of carboxylic acids is 1. The molecule has 0 saturated carbocycles. The average Bonchev–Trinajstić information content (AvgIpc) is 2.63. The Morgan fingerprint density at radius 2 is 1.75 bits per heavy atom. The van der Waals surface area contributed by atoms with Crippen LogP contribution in [0.3, 0.4) is 0 Å². The van der Waals surface area contributed by atoms with E-state index in [0.717, 1.165) is 12.1 Å². The van der Waals surface area contributed by atoms with Crippen molar-refractivity contribution in [1.29, 1.82) is 0 Å². The second-order valence-electron chi connectivity index (χ2n) is 6.71. The summed E-state index contributed by atoms with van der Waals surface area (Å²) in [6.07, 6.45) is 0.979. The van der Waals surface area contributed by atoms with Gasteiger partial charge in [-0.1, -0.05) is 6.07 Å². The Morgan fingerprint density at radius 1 is 1.14 bits per heavy atom. The summed E-state index contributed by atoms with van der Waals surface area (Å²) in [5, 5.41) is 11.8. The summed E-state index contributed by atoms with van der Waals surface area (Å²) in [5.41, 5.74) is 0.495. The molecule has 3 rings (SSSR count). The first-order valence-electron chi connectivity index (χ1n) is 8.86. The number of likely N-dealkylation sites (tertiary alicyclic amines) is 1. The van der Waals surface area contributed by atoms with Crippen molar-refractivity contribution in [3.63, 3.8) is 0 Å². The fourth-order valence-electron chi connectivity index (χ4n) is 3.46. The SMILES string of the molecule is Cc1nc(C)c(C(=O)O)c(C2CCN(C(=O)Nc3c(F)cccc3F)CC2)n1. The van der Waals surface area contributed by atoms with E-state index in [1.165, 1.54) is 11.0 Å². The lowest BCUT2D eigenvalue weighted by molar-refractivity contribution is 0.0692. The third-order valence-electron chi connectivity index (χ3n) is 4.81. The monoisotopic (exact) mass is 390 g/mol. The average molecular weight is 390 g/mol. The predicted molar refractivity (Wildman–Crippen MR) is 97.4 cm³/mol. The molecule has 148 valence electrons. The topological polar surface area (TPSA) is 95.4 Å². The maximum atomic E-state index is 13.7. The molecule has 1 aromatic carbocycles. The van der Waals surface area contributed by atoms with Gasteiger partial charge in [0, 0.05) is 19.0 Å². The number of hydrogen-bond donors (Lipinski definition) is 2. The van der Waals surface area contributed by atoms with Crippen molar-refractivity contribution in [3.8, 4) is 0 Å². The van der Waals surface area contributed by atoms with Gasteiger partial charge in [0.1, 0.15) is 28.7 Å². The zero-order chi connectivity index (χ0) is 20.4. The van der Waals surface area contributed by atoms with Gasteiger partial charge < -0.3 is 15.3 Å². The Hall–Kier alpha value is -3.10. The van der Waals surface area contributed by atoms with Gasteiger partial charge in [0.25, 0.3) is 0 Å². The van der Waals surface area contributed by atoms with E-state index in [-0.39, 0.29) is 11.5 Å². The molecule has 1 aliphatic rings. The molecule has 1 fully saturated rings. The largest absolute Gasteiger partial charge is 0.478 e. The van der Waals surface area contributed by atoms with Gasteiger partial charge in [0.05, 0.1) is 11.4 Å². The zero-order valence-corrected chi connectivity index (χ0v) is 15.5. The summed E-state index contributed by atoms with van der Waals surface area (Å²) in [5.74, 6) is -2.42. The van der Waals surface area contributed by atoms with E-state index in [4.69, 9.17) is 0 Å². The van der Waals surface area contributed by atoms with Crippen LogP contribution < -0.4 is 5.32 Å². The Bertz CT molecular complexity index is 907. The molecule has 9 heteroatoms. The summed E-state index contributed by atoms with van der Waals surface area (Å²) < 4.78 is 27.4. The molecule has 0 bridgehead atoms. The van der Waals surface area contributed by atoms with Crippen LogP contribution in [0.25, 0.3) is 0 Å². The van der Waals surface area contributed by atoms with Gasteiger partial charge in [-0.15, -0.1) is 0 Å². The predicted octanol–water partition coefficient (Wildman–Crippen LogP) is 3.48. The van der Waals surface area contributed by atoms with E-state index in [1.54, 1.807) is 13.8 Å². The van der Waals surface area contributed by atoms with E-state index in [0.29, 0.717) is 43.1 Å². The molecule has 0 unspecified atom stereocenters. The lowest BCUT2D eigenvalue weighted by atomic mass is 9.90. The number of aromatic carboxylic acids is 1. The highest BCUT2D eigenvalue weighted by molar-refractivity contribution is 5.91. The fraction of sp³-hybridized carbons (Fsp3) is 0.368. The number of carbonyl (C=O) groups excluding carboxylic acids is 1. The molecule has 0 radical (unpaired) electrons. The van der Waals surface area contributed by atoms with Gasteiger partial charge in [-0.3, -0.25) is 0 Å². The highest BCUT2D eigenvalue weighted by Crippen LogP contribution is 2.30. The number of aromatic nitrogens is 2. The van der Waals surface area contributed by atoms with Crippen molar-refractivity contribution in [2.75, 3.05) is 18.4 Å². The van der Waals surface area contributed by atoms with E-state index in [9.17, 15) is 23.5 Å². The first-order valence-corrected chi connectivity index (χ1v) is 8.86. The summed E-state index contributed by atoms with van der Waals surface area (Å²) in [7, 11) is 0. The zero-order valence-electron chi connectivity index (χ0n) is 15.5. The number of urea groups is 1. The van der Waals surface area contributed by atoms with E-state index >= 15 is 0 Å². The second-order valence-corrected chi connectivity index (χ2v) is 6.71. The van der Waals surface area contributed by atoms with Crippen LogP contribution in [-0.4, -0.2) is 45.1 Å². The number of piperidine rings is 1.